The molecule has 1 spiro atoms. The zero-order chi connectivity index (χ0) is 28.0. The van der Waals surface area contributed by atoms with Crippen LogP contribution >= 0.6 is 0 Å². The second-order valence-corrected chi connectivity index (χ2v) is 12.2. The topological polar surface area (TPSA) is 52.8 Å². The molecule has 5 heteroatoms. The van der Waals surface area contributed by atoms with Crippen LogP contribution in [0.4, 0.5) is 17.1 Å². The van der Waals surface area contributed by atoms with E-state index in [1.807, 2.05) is 0 Å². The number of benzene rings is 3. The van der Waals surface area contributed by atoms with Gasteiger partial charge in [0, 0.05) is 41.0 Å². The van der Waals surface area contributed by atoms with Crippen molar-refractivity contribution >= 4 is 34.8 Å². The Hall–Kier alpha value is -3.86. The number of aliphatic carboxylic acids is 1. The van der Waals surface area contributed by atoms with E-state index in [0.717, 1.165) is 18.6 Å². The maximum atomic E-state index is 11.6. The molecule has 210 valence electrons. The number of ether oxygens (including phenoxy) is 1. The lowest BCUT2D eigenvalue weighted by molar-refractivity contribution is -0.436. The third-order valence-electron chi connectivity index (χ3n) is 10.1. The first-order chi connectivity index (χ1) is 20.1. The number of nitrogens with zero attached hydrogens (tertiary/aromatic N) is 2. The normalized spacial score (nSPS) is 22.3. The van der Waals surface area contributed by atoms with Gasteiger partial charge in [0.2, 0.25) is 5.69 Å². The SMILES string of the molecule is COc1ccc(N2c3ccc(/C=C/C4=[N+](CCC(=O)O)c5ccccc5C45CCCCC5)cc3C3CCCC32)cc1. The van der Waals surface area contributed by atoms with Gasteiger partial charge in [0.1, 0.15) is 12.2 Å². The van der Waals surface area contributed by atoms with Gasteiger partial charge in [0.05, 0.1) is 12.5 Å². The molecule has 0 aromatic heterocycles. The average molecular weight is 548 g/mol. The highest BCUT2D eigenvalue weighted by molar-refractivity contribution is 6.06. The molecule has 2 aliphatic heterocycles. The highest BCUT2D eigenvalue weighted by Gasteiger charge is 2.51. The highest BCUT2D eigenvalue weighted by Crippen LogP contribution is 2.53. The fraction of sp³-hybridized carbons (Fsp3) is 0.389. The standard InChI is InChI=1S/C36H38N2O3/c1-41-27-16-14-26(15-17-27)38-31-11-7-8-28(31)29-24-25(12-18-32(29)38)13-19-34-36(21-5-2-6-22-36)30-9-3-4-10-33(30)37(34)23-20-35(39)40/h3-4,9-10,12-19,24,28,31H,2,5-8,11,20-23H2,1H3/p+1. The Kier molecular flexibility index (Phi) is 6.69. The number of anilines is 2. The number of carboxylic acids is 1. The molecule has 3 aromatic rings. The smallest absolute Gasteiger partial charge is 0.309 e. The zero-order valence-electron chi connectivity index (χ0n) is 23.9. The number of rotatable bonds is 7. The number of carbonyl (C=O) groups is 1. The van der Waals surface area contributed by atoms with Gasteiger partial charge in [-0.05, 0) is 79.3 Å². The lowest BCUT2D eigenvalue weighted by Gasteiger charge is -2.31. The monoisotopic (exact) mass is 547 g/mol. The Morgan fingerprint density at radius 2 is 1.80 bits per heavy atom. The van der Waals surface area contributed by atoms with E-state index in [-0.39, 0.29) is 11.8 Å². The molecule has 2 fully saturated rings. The minimum Gasteiger partial charge on any atom is -0.497 e. The maximum absolute atomic E-state index is 11.6. The Bertz CT molecular complexity index is 1530. The fourth-order valence-corrected chi connectivity index (χ4v) is 8.25. The van der Waals surface area contributed by atoms with Crippen LogP contribution in [0.15, 0.2) is 72.8 Å². The third-order valence-corrected chi connectivity index (χ3v) is 10.1. The van der Waals surface area contributed by atoms with E-state index in [9.17, 15) is 9.90 Å². The summed E-state index contributed by atoms with van der Waals surface area (Å²) in [6.45, 7) is 0.499. The van der Waals surface area contributed by atoms with Gasteiger partial charge in [0.25, 0.3) is 0 Å². The molecule has 5 nitrogen and oxygen atoms in total. The number of hydrogen-bond acceptors (Lipinski definition) is 3. The Labute approximate surface area is 242 Å². The van der Waals surface area contributed by atoms with E-state index in [2.05, 4.69) is 88.4 Å². The molecule has 2 aliphatic carbocycles. The average Bonchev–Trinajstić information content (AvgIpc) is 3.66. The first-order valence-electron chi connectivity index (χ1n) is 15.3. The molecular formula is C36H39N2O3+. The maximum Gasteiger partial charge on any atom is 0.309 e. The van der Waals surface area contributed by atoms with Gasteiger partial charge in [-0.2, -0.15) is 4.58 Å². The van der Waals surface area contributed by atoms with Crippen LogP contribution in [0.3, 0.4) is 0 Å². The van der Waals surface area contributed by atoms with E-state index in [1.54, 1.807) is 7.11 Å². The molecule has 1 N–H and O–H groups in total. The summed E-state index contributed by atoms with van der Waals surface area (Å²) in [6.07, 6.45) is 14.4. The molecule has 0 radical (unpaired) electrons. The summed E-state index contributed by atoms with van der Waals surface area (Å²) in [7, 11) is 1.71. The Morgan fingerprint density at radius 1 is 1.00 bits per heavy atom. The molecule has 7 rings (SSSR count). The molecule has 2 atom stereocenters. The van der Waals surface area contributed by atoms with Crippen LogP contribution in [0.25, 0.3) is 6.08 Å². The number of carboxylic acid groups (broad SMARTS) is 1. The summed E-state index contributed by atoms with van der Waals surface area (Å²) < 4.78 is 7.71. The summed E-state index contributed by atoms with van der Waals surface area (Å²) in [5.41, 5.74) is 9.06. The van der Waals surface area contributed by atoms with E-state index in [1.165, 1.54) is 78.0 Å². The summed E-state index contributed by atoms with van der Waals surface area (Å²) in [5, 5.41) is 9.55. The van der Waals surface area contributed by atoms with Crippen molar-refractivity contribution in [2.45, 2.75) is 75.2 Å². The van der Waals surface area contributed by atoms with E-state index in [4.69, 9.17) is 4.74 Å². The lowest BCUT2D eigenvalue weighted by atomic mass is 9.67. The Morgan fingerprint density at radius 3 is 2.59 bits per heavy atom. The van der Waals surface area contributed by atoms with Crippen LogP contribution in [0.5, 0.6) is 5.75 Å². The molecule has 2 saturated carbocycles. The van der Waals surface area contributed by atoms with Gasteiger partial charge in [-0.1, -0.05) is 49.9 Å². The summed E-state index contributed by atoms with van der Waals surface area (Å²) >= 11 is 0. The minimum atomic E-state index is -0.749. The predicted molar refractivity (Wildman–Crippen MR) is 164 cm³/mol. The molecule has 2 unspecified atom stereocenters. The highest BCUT2D eigenvalue weighted by atomic mass is 16.5. The lowest BCUT2D eigenvalue weighted by Crippen LogP contribution is -2.36. The van der Waals surface area contributed by atoms with Crippen LogP contribution in [0.1, 0.15) is 80.4 Å². The molecular weight excluding hydrogens is 508 g/mol. The van der Waals surface area contributed by atoms with Gasteiger partial charge < -0.3 is 14.7 Å². The number of methoxy groups -OCH3 is 1. The predicted octanol–water partition coefficient (Wildman–Crippen LogP) is 7.97. The van der Waals surface area contributed by atoms with Crippen molar-refractivity contribution < 1.29 is 19.2 Å². The van der Waals surface area contributed by atoms with Crippen molar-refractivity contribution in [2.24, 2.45) is 0 Å². The second-order valence-electron chi connectivity index (χ2n) is 12.2. The van der Waals surface area contributed by atoms with Crippen molar-refractivity contribution in [3.8, 4) is 5.75 Å². The number of hydrogen-bond donors (Lipinski definition) is 1. The van der Waals surface area contributed by atoms with Crippen molar-refractivity contribution in [2.75, 3.05) is 18.6 Å². The summed E-state index contributed by atoms with van der Waals surface area (Å²) in [5.74, 6) is 0.693. The molecule has 3 aromatic carbocycles. The van der Waals surface area contributed by atoms with Crippen LogP contribution in [-0.2, 0) is 10.2 Å². The second kappa shape index (κ2) is 10.5. The largest absolute Gasteiger partial charge is 0.497 e. The van der Waals surface area contributed by atoms with Crippen LogP contribution in [0.2, 0.25) is 0 Å². The zero-order valence-corrected chi connectivity index (χ0v) is 23.9. The van der Waals surface area contributed by atoms with Gasteiger partial charge in [0.15, 0.2) is 12.3 Å². The van der Waals surface area contributed by atoms with Gasteiger partial charge >= 0.3 is 5.97 Å². The van der Waals surface area contributed by atoms with Crippen molar-refractivity contribution in [1.82, 2.24) is 0 Å². The summed E-state index contributed by atoms with van der Waals surface area (Å²) in [4.78, 5) is 14.2. The first-order valence-corrected chi connectivity index (χ1v) is 15.3. The molecule has 0 amide bonds. The van der Waals surface area contributed by atoms with E-state index < -0.39 is 5.97 Å². The fourth-order valence-electron chi connectivity index (χ4n) is 8.25. The van der Waals surface area contributed by atoms with Gasteiger partial charge in [-0.25, -0.2) is 0 Å². The quantitative estimate of drug-likeness (QED) is 0.305. The number of para-hydroxylation sites is 1. The van der Waals surface area contributed by atoms with Crippen LogP contribution < -0.4 is 9.64 Å². The number of allylic oxidation sites excluding steroid dienone is 1. The van der Waals surface area contributed by atoms with Crippen LogP contribution in [-0.4, -0.2) is 41.1 Å². The van der Waals surface area contributed by atoms with Crippen molar-refractivity contribution in [3.63, 3.8) is 0 Å². The van der Waals surface area contributed by atoms with Crippen molar-refractivity contribution in [3.05, 3.63) is 89.5 Å². The molecule has 41 heavy (non-hydrogen) atoms. The van der Waals surface area contributed by atoms with E-state index in [0.29, 0.717) is 18.5 Å². The van der Waals surface area contributed by atoms with Crippen LogP contribution in [0, 0.1) is 0 Å². The molecule has 0 bridgehead atoms. The molecule has 2 heterocycles. The van der Waals surface area contributed by atoms with E-state index >= 15 is 0 Å². The Balaban J connectivity index is 1.26. The molecule has 0 saturated heterocycles. The molecule has 4 aliphatic rings. The minimum absolute atomic E-state index is 0.0255. The number of fused-ring (bicyclic) bond motifs is 5. The van der Waals surface area contributed by atoms with Gasteiger partial charge in [-0.15, -0.1) is 0 Å². The third kappa shape index (κ3) is 4.37. The summed E-state index contributed by atoms with van der Waals surface area (Å²) in [6, 6.07) is 24.6. The van der Waals surface area contributed by atoms with Crippen molar-refractivity contribution in [1.29, 1.82) is 0 Å². The van der Waals surface area contributed by atoms with Gasteiger partial charge in [-0.3, -0.25) is 4.79 Å². The first kappa shape index (κ1) is 26.1.